The average Bonchev–Trinajstić information content (AvgIpc) is 3.54. The number of imide groups is 1. The maximum atomic E-state index is 13.0. The van der Waals surface area contributed by atoms with Crippen molar-refractivity contribution in [2.75, 3.05) is 36.5 Å². The van der Waals surface area contributed by atoms with E-state index in [4.69, 9.17) is 4.74 Å². The highest BCUT2D eigenvalue weighted by Gasteiger charge is 2.38. The van der Waals surface area contributed by atoms with E-state index in [2.05, 4.69) is 10.2 Å². The third-order valence-electron chi connectivity index (χ3n) is 6.24. The maximum Gasteiger partial charge on any atom is 0.261 e. The van der Waals surface area contributed by atoms with Crippen LogP contribution in [0.15, 0.2) is 42.5 Å². The van der Waals surface area contributed by atoms with E-state index in [0.29, 0.717) is 17.7 Å². The normalized spacial score (nSPS) is 20.5. The largest absolute Gasteiger partial charge is 0.376 e. The van der Waals surface area contributed by atoms with Crippen LogP contribution in [0.4, 0.5) is 11.4 Å². The number of amides is 3. The Bertz CT molecular complexity index is 1040. The summed E-state index contributed by atoms with van der Waals surface area (Å²) >= 11 is 0. The van der Waals surface area contributed by atoms with Gasteiger partial charge >= 0.3 is 0 Å². The van der Waals surface area contributed by atoms with Gasteiger partial charge in [-0.05, 0) is 56.0 Å². The number of benzene rings is 2. The second kappa shape index (κ2) is 8.15. The summed E-state index contributed by atoms with van der Waals surface area (Å²) in [6, 6.07) is 12.5. The van der Waals surface area contributed by atoms with Crippen LogP contribution in [0, 0.1) is 0 Å². The Kier molecular flexibility index (Phi) is 5.19. The predicted octanol–water partition coefficient (Wildman–Crippen LogP) is 3.31. The highest BCUT2D eigenvalue weighted by molar-refractivity contribution is 6.22. The molecule has 3 amide bonds. The fourth-order valence-corrected chi connectivity index (χ4v) is 4.60. The second-order valence-electron chi connectivity index (χ2n) is 8.28. The molecule has 1 unspecified atom stereocenters. The Morgan fingerprint density at radius 1 is 1.00 bits per heavy atom. The molecule has 3 aliphatic rings. The van der Waals surface area contributed by atoms with Crippen molar-refractivity contribution in [3.63, 3.8) is 0 Å². The van der Waals surface area contributed by atoms with Gasteiger partial charge in [-0.15, -0.1) is 0 Å². The lowest BCUT2D eigenvalue weighted by molar-refractivity contribution is 0.0475. The van der Waals surface area contributed by atoms with Gasteiger partial charge in [0.15, 0.2) is 0 Å². The van der Waals surface area contributed by atoms with Crippen LogP contribution in [0.25, 0.3) is 0 Å². The van der Waals surface area contributed by atoms with Crippen molar-refractivity contribution in [3.8, 4) is 0 Å². The molecule has 0 spiro atoms. The van der Waals surface area contributed by atoms with Crippen molar-refractivity contribution in [1.82, 2.24) is 4.90 Å². The Labute approximate surface area is 181 Å². The molecule has 0 aliphatic carbocycles. The van der Waals surface area contributed by atoms with Crippen LogP contribution in [-0.4, -0.2) is 55.0 Å². The van der Waals surface area contributed by atoms with Crippen molar-refractivity contribution in [2.24, 2.45) is 0 Å². The Morgan fingerprint density at radius 3 is 2.55 bits per heavy atom. The number of fused-ring (bicyclic) bond motifs is 1. The number of nitrogens with one attached hydrogen (secondary N) is 1. The molecule has 2 fully saturated rings. The Hall–Kier alpha value is -3.19. The molecule has 0 radical (unpaired) electrons. The van der Waals surface area contributed by atoms with Gasteiger partial charge in [-0.25, -0.2) is 0 Å². The fourth-order valence-electron chi connectivity index (χ4n) is 4.60. The number of ether oxygens (including phenoxy) is 1. The number of hydrogen-bond acceptors (Lipinski definition) is 5. The van der Waals surface area contributed by atoms with E-state index in [1.807, 2.05) is 24.3 Å². The summed E-state index contributed by atoms with van der Waals surface area (Å²) in [6.45, 7) is 2.87. The van der Waals surface area contributed by atoms with Gasteiger partial charge in [-0.2, -0.15) is 0 Å². The van der Waals surface area contributed by atoms with Crippen molar-refractivity contribution in [3.05, 3.63) is 59.2 Å². The molecule has 3 heterocycles. The molecule has 160 valence electrons. The minimum Gasteiger partial charge on any atom is -0.376 e. The molecule has 7 nitrogen and oxygen atoms in total. The molecule has 2 saturated heterocycles. The molecule has 0 saturated carbocycles. The Morgan fingerprint density at radius 2 is 1.77 bits per heavy atom. The van der Waals surface area contributed by atoms with E-state index in [1.54, 1.807) is 12.1 Å². The highest BCUT2D eigenvalue weighted by atomic mass is 16.5. The zero-order chi connectivity index (χ0) is 21.4. The fraction of sp³-hybridized carbons (Fsp3) is 0.375. The summed E-state index contributed by atoms with van der Waals surface area (Å²) in [5.74, 6) is -0.975. The van der Waals surface area contributed by atoms with Gasteiger partial charge in [0.25, 0.3) is 17.7 Å². The number of rotatable bonds is 5. The molecular formula is C24H25N3O4. The van der Waals surface area contributed by atoms with Crippen LogP contribution in [0.1, 0.15) is 56.8 Å². The van der Waals surface area contributed by atoms with E-state index in [-0.39, 0.29) is 35.9 Å². The van der Waals surface area contributed by atoms with E-state index in [9.17, 15) is 14.4 Å². The SMILES string of the molecule is O=C(Nc1ccccc1N1CCCC1)c1ccc2c(c1)C(=O)N(CC1CCCO1)C2=O. The monoisotopic (exact) mass is 419 g/mol. The van der Waals surface area contributed by atoms with Crippen molar-refractivity contribution in [2.45, 2.75) is 31.8 Å². The summed E-state index contributed by atoms with van der Waals surface area (Å²) in [4.78, 5) is 42.0. The van der Waals surface area contributed by atoms with Gasteiger partial charge in [0.1, 0.15) is 0 Å². The molecule has 2 aromatic carbocycles. The topological polar surface area (TPSA) is 79.0 Å². The molecule has 1 atom stereocenters. The van der Waals surface area contributed by atoms with E-state index in [1.165, 1.54) is 11.0 Å². The summed E-state index contributed by atoms with van der Waals surface area (Å²) in [5.41, 5.74) is 2.73. The molecule has 5 rings (SSSR count). The number of para-hydroxylation sites is 2. The Balaban J connectivity index is 1.35. The van der Waals surface area contributed by atoms with Crippen molar-refractivity contribution >= 4 is 29.1 Å². The molecule has 2 aromatic rings. The first-order chi connectivity index (χ1) is 15.1. The lowest BCUT2D eigenvalue weighted by Crippen LogP contribution is -2.36. The quantitative estimate of drug-likeness (QED) is 0.753. The number of nitrogens with zero attached hydrogens (tertiary/aromatic N) is 2. The lowest BCUT2D eigenvalue weighted by atomic mass is 10.1. The van der Waals surface area contributed by atoms with Gasteiger partial charge < -0.3 is 15.0 Å². The van der Waals surface area contributed by atoms with Crippen LogP contribution >= 0.6 is 0 Å². The van der Waals surface area contributed by atoms with Crippen LogP contribution in [0.5, 0.6) is 0 Å². The first-order valence-corrected chi connectivity index (χ1v) is 10.9. The zero-order valence-electron chi connectivity index (χ0n) is 17.3. The second-order valence-corrected chi connectivity index (χ2v) is 8.28. The molecular weight excluding hydrogens is 394 g/mol. The lowest BCUT2D eigenvalue weighted by Gasteiger charge is -2.21. The first-order valence-electron chi connectivity index (χ1n) is 10.9. The van der Waals surface area contributed by atoms with Gasteiger partial charge in [0.2, 0.25) is 0 Å². The van der Waals surface area contributed by atoms with Crippen LogP contribution < -0.4 is 10.2 Å². The van der Waals surface area contributed by atoms with Gasteiger partial charge in [0, 0.05) is 25.3 Å². The summed E-state index contributed by atoms with van der Waals surface area (Å²) in [5, 5.41) is 2.98. The summed E-state index contributed by atoms with van der Waals surface area (Å²) < 4.78 is 5.58. The van der Waals surface area contributed by atoms with Crippen LogP contribution in [-0.2, 0) is 4.74 Å². The minimum absolute atomic E-state index is 0.105. The van der Waals surface area contributed by atoms with E-state index >= 15 is 0 Å². The van der Waals surface area contributed by atoms with E-state index in [0.717, 1.165) is 50.1 Å². The van der Waals surface area contributed by atoms with Crippen LogP contribution in [0.3, 0.4) is 0 Å². The molecule has 1 N–H and O–H groups in total. The number of carbonyl (C=O) groups excluding carboxylic acids is 3. The van der Waals surface area contributed by atoms with Crippen molar-refractivity contribution < 1.29 is 19.1 Å². The third-order valence-corrected chi connectivity index (χ3v) is 6.24. The molecule has 7 heteroatoms. The van der Waals surface area contributed by atoms with Gasteiger partial charge in [-0.1, -0.05) is 12.1 Å². The minimum atomic E-state index is -0.359. The predicted molar refractivity (Wildman–Crippen MR) is 117 cm³/mol. The summed E-state index contributed by atoms with van der Waals surface area (Å²) in [7, 11) is 0. The van der Waals surface area contributed by atoms with Gasteiger partial charge in [-0.3, -0.25) is 19.3 Å². The standard InChI is InChI=1S/C24H25N3O4/c28-22(25-20-7-1-2-8-21(20)26-11-3-4-12-26)16-9-10-18-19(14-16)24(30)27(23(18)29)15-17-6-5-13-31-17/h1-2,7-10,14,17H,3-6,11-13,15H2,(H,25,28). The average molecular weight is 419 g/mol. The molecule has 3 aliphatic heterocycles. The van der Waals surface area contributed by atoms with Crippen molar-refractivity contribution in [1.29, 1.82) is 0 Å². The van der Waals surface area contributed by atoms with E-state index < -0.39 is 0 Å². The van der Waals surface area contributed by atoms with Crippen LogP contribution in [0.2, 0.25) is 0 Å². The molecule has 31 heavy (non-hydrogen) atoms. The third kappa shape index (κ3) is 3.70. The number of hydrogen-bond donors (Lipinski definition) is 1. The maximum absolute atomic E-state index is 13.0. The molecule has 0 aromatic heterocycles. The van der Waals surface area contributed by atoms with Gasteiger partial charge in [0.05, 0.1) is 35.2 Å². The smallest absolute Gasteiger partial charge is 0.261 e. The number of anilines is 2. The first kappa shape index (κ1) is 19.8. The zero-order valence-corrected chi connectivity index (χ0v) is 17.3. The number of carbonyl (C=O) groups is 3. The molecule has 0 bridgehead atoms. The summed E-state index contributed by atoms with van der Waals surface area (Å²) in [6.07, 6.45) is 3.97. The highest BCUT2D eigenvalue weighted by Crippen LogP contribution is 2.30.